The van der Waals surface area contributed by atoms with E-state index < -0.39 is 7.26 Å². The van der Waals surface area contributed by atoms with Crippen molar-refractivity contribution in [3.8, 4) is 0 Å². The Morgan fingerprint density at radius 1 is 0.618 bits per heavy atom. The quantitative estimate of drug-likeness (QED) is 0.206. The van der Waals surface area contributed by atoms with Crippen LogP contribution in [0.15, 0.2) is 131 Å². The van der Waals surface area contributed by atoms with Gasteiger partial charge in [-0.25, -0.2) is 0 Å². The fourth-order valence-electron chi connectivity index (χ4n) is 4.23. The molecule has 5 rings (SSSR count). The third kappa shape index (κ3) is 4.25. The molecule has 0 saturated heterocycles. The smallest absolute Gasteiger partial charge is 0.251 e. The molecular formula is C30H25NOPS+. The van der Waals surface area contributed by atoms with E-state index in [2.05, 4.69) is 109 Å². The largest absolute Gasteiger partial charge is 0.426 e. The van der Waals surface area contributed by atoms with E-state index in [9.17, 15) is 0 Å². The first-order chi connectivity index (χ1) is 16.8. The third-order valence-electron chi connectivity index (χ3n) is 5.75. The van der Waals surface area contributed by atoms with E-state index in [-0.39, 0.29) is 0 Å². The summed E-state index contributed by atoms with van der Waals surface area (Å²) >= 11 is 1.61. The highest BCUT2D eigenvalue weighted by Crippen LogP contribution is 2.55. The number of thioether (sulfide) groups is 1. The van der Waals surface area contributed by atoms with E-state index in [1.165, 1.54) is 15.9 Å². The Morgan fingerprint density at radius 2 is 1.06 bits per heavy atom. The molecule has 0 radical (unpaired) electrons. The van der Waals surface area contributed by atoms with E-state index in [1.54, 1.807) is 11.8 Å². The average molecular weight is 479 g/mol. The van der Waals surface area contributed by atoms with Gasteiger partial charge in [0.1, 0.15) is 15.9 Å². The van der Waals surface area contributed by atoms with Crippen molar-refractivity contribution in [3.05, 3.63) is 133 Å². The van der Waals surface area contributed by atoms with Gasteiger partial charge >= 0.3 is 0 Å². The molecule has 1 aromatic heterocycles. The zero-order valence-electron chi connectivity index (χ0n) is 18.9. The van der Waals surface area contributed by atoms with Gasteiger partial charge in [0.2, 0.25) is 11.0 Å². The van der Waals surface area contributed by atoms with Gasteiger partial charge < -0.3 is 4.42 Å². The summed E-state index contributed by atoms with van der Waals surface area (Å²) in [5, 5.41) is 4.64. The summed E-state index contributed by atoms with van der Waals surface area (Å²) in [6.07, 6.45) is 6.08. The van der Waals surface area contributed by atoms with E-state index in [0.717, 1.165) is 16.1 Å². The van der Waals surface area contributed by atoms with Gasteiger partial charge in [-0.3, -0.25) is 0 Å². The Balaban J connectivity index is 1.78. The lowest BCUT2D eigenvalue weighted by molar-refractivity contribution is 0.464. The monoisotopic (exact) mass is 478 g/mol. The van der Waals surface area contributed by atoms with Gasteiger partial charge in [-0.1, -0.05) is 96.7 Å². The van der Waals surface area contributed by atoms with Crippen molar-refractivity contribution >= 4 is 52.5 Å². The molecule has 0 unspecified atom stereocenters. The zero-order chi connectivity index (χ0) is 23.2. The van der Waals surface area contributed by atoms with Crippen LogP contribution in [0.25, 0.3) is 12.2 Å². The topological polar surface area (TPSA) is 26.0 Å². The standard InChI is InChI=1S/C30H25NOPS/c1-34-30-29(31-28(32-30)23-22-24-14-6-2-7-15-24)33(25-16-8-3-9-17-25,26-18-10-4-11-19-26)27-20-12-5-13-21-27/h2-23H,1H3/q+1/b23-22-. The number of hydrogen-bond donors (Lipinski definition) is 0. The van der Waals surface area contributed by atoms with Crippen molar-refractivity contribution < 1.29 is 4.42 Å². The molecule has 0 aliphatic carbocycles. The van der Waals surface area contributed by atoms with Gasteiger partial charge in [-0.15, -0.1) is 0 Å². The van der Waals surface area contributed by atoms with E-state index in [0.29, 0.717) is 5.89 Å². The van der Waals surface area contributed by atoms with Crippen LogP contribution in [-0.2, 0) is 0 Å². The van der Waals surface area contributed by atoms with Crippen LogP contribution < -0.4 is 21.3 Å². The minimum Gasteiger partial charge on any atom is -0.426 e. The summed E-state index contributed by atoms with van der Waals surface area (Å²) in [7, 11) is -2.29. The van der Waals surface area contributed by atoms with Crippen LogP contribution in [0.5, 0.6) is 0 Å². The molecule has 4 heteroatoms. The number of rotatable bonds is 7. The Bertz CT molecular complexity index is 1270. The van der Waals surface area contributed by atoms with Gasteiger partial charge in [0, 0.05) is 6.08 Å². The van der Waals surface area contributed by atoms with Crippen LogP contribution >= 0.6 is 19.0 Å². The van der Waals surface area contributed by atoms with Gasteiger partial charge in [-0.2, -0.15) is 4.98 Å². The minimum absolute atomic E-state index is 0.621. The van der Waals surface area contributed by atoms with E-state index in [4.69, 9.17) is 9.40 Å². The summed E-state index contributed by atoms with van der Waals surface area (Å²) in [6, 6.07) is 42.5. The van der Waals surface area contributed by atoms with Gasteiger partial charge in [-0.05, 0) is 54.3 Å². The highest BCUT2D eigenvalue weighted by molar-refractivity contribution is 8.04. The molecule has 0 saturated carbocycles. The molecule has 0 aliphatic heterocycles. The maximum Gasteiger partial charge on any atom is 0.251 e. The lowest BCUT2D eigenvalue weighted by atomic mass is 10.2. The first-order valence-electron chi connectivity index (χ1n) is 11.2. The number of hydrogen-bond acceptors (Lipinski definition) is 3. The molecule has 166 valence electrons. The normalized spacial score (nSPS) is 11.7. The molecule has 0 amide bonds. The summed E-state index contributed by atoms with van der Waals surface area (Å²) < 4.78 is 6.35. The summed E-state index contributed by atoms with van der Waals surface area (Å²) in [5.74, 6) is 0.621. The molecule has 2 nitrogen and oxygen atoms in total. The van der Waals surface area contributed by atoms with Crippen molar-refractivity contribution in [1.29, 1.82) is 0 Å². The van der Waals surface area contributed by atoms with Crippen molar-refractivity contribution in [2.45, 2.75) is 5.09 Å². The maximum atomic E-state index is 6.35. The molecule has 0 aliphatic rings. The summed E-state index contributed by atoms with van der Waals surface area (Å²) in [5.41, 5.74) is 2.12. The molecule has 1 heterocycles. The Labute approximate surface area is 205 Å². The number of oxazole rings is 1. The minimum atomic E-state index is -2.29. The predicted octanol–water partition coefficient (Wildman–Crippen LogP) is 6.19. The number of benzene rings is 4. The Hall–Kier alpha value is -3.39. The van der Waals surface area contributed by atoms with Crippen LogP contribution in [0.4, 0.5) is 0 Å². The fourth-order valence-corrected chi connectivity index (χ4v) is 9.37. The summed E-state index contributed by atoms with van der Waals surface area (Å²) in [6.45, 7) is 0. The van der Waals surface area contributed by atoms with Crippen LogP contribution in [-0.4, -0.2) is 11.2 Å². The molecule has 0 atom stereocenters. The van der Waals surface area contributed by atoms with Crippen LogP contribution in [0.2, 0.25) is 0 Å². The van der Waals surface area contributed by atoms with Gasteiger partial charge in [0.25, 0.3) is 5.44 Å². The molecule has 4 aromatic carbocycles. The molecule has 0 spiro atoms. The van der Waals surface area contributed by atoms with Crippen molar-refractivity contribution in [2.24, 2.45) is 0 Å². The first-order valence-corrected chi connectivity index (χ1v) is 14.2. The van der Waals surface area contributed by atoms with Crippen molar-refractivity contribution in [1.82, 2.24) is 4.98 Å². The Morgan fingerprint density at radius 3 is 1.50 bits per heavy atom. The zero-order valence-corrected chi connectivity index (χ0v) is 20.6. The van der Waals surface area contributed by atoms with Gasteiger partial charge in [0.05, 0.1) is 0 Å². The van der Waals surface area contributed by atoms with Crippen molar-refractivity contribution in [2.75, 3.05) is 6.26 Å². The second-order valence-electron chi connectivity index (χ2n) is 7.79. The first kappa shape index (κ1) is 22.4. The maximum absolute atomic E-state index is 6.35. The van der Waals surface area contributed by atoms with Gasteiger partial charge in [0.15, 0.2) is 7.26 Å². The molecule has 0 bridgehead atoms. The van der Waals surface area contributed by atoms with E-state index in [1.807, 2.05) is 30.4 Å². The highest BCUT2D eigenvalue weighted by Gasteiger charge is 2.52. The predicted molar refractivity (Wildman–Crippen MR) is 148 cm³/mol. The fraction of sp³-hybridized carbons (Fsp3) is 0.0333. The van der Waals surface area contributed by atoms with Crippen molar-refractivity contribution in [3.63, 3.8) is 0 Å². The third-order valence-corrected chi connectivity index (χ3v) is 10.7. The molecular weight excluding hydrogens is 453 g/mol. The molecule has 5 aromatic rings. The highest BCUT2D eigenvalue weighted by atomic mass is 32.2. The lowest BCUT2D eigenvalue weighted by Crippen LogP contribution is -2.40. The SMILES string of the molecule is CSc1oc(/C=C\c2ccccc2)nc1[P+](c1ccccc1)(c1ccccc1)c1ccccc1. The molecule has 0 fully saturated rings. The average Bonchev–Trinajstić information content (AvgIpc) is 3.34. The second kappa shape index (κ2) is 10.3. The van der Waals surface area contributed by atoms with Crippen LogP contribution in [0.1, 0.15) is 11.5 Å². The van der Waals surface area contributed by atoms with E-state index >= 15 is 0 Å². The Kier molecular flexibility index (Phi) is 6.76. The molecule has 0 N–H and O–H groups in total. The second-order valence-corrected chi connectivity index (χ2v) is 11.9. The molecule has 34 heavy (non-hydrogen) atoms. The van der Waals surface area contributed by atoms with Crippen LogP contribution in [0.3, 0.4) is 0 Å². The lowest BCUT2D eigenvalue weighted by Gasteiger charge is -2.25. The van der Waals surface area contributed by atoms with Crippen LogP contribution in [0, 0.1) is 0 Å². The number of aromatic nitrogens is 1. The summed E-state index contributed by atoms with van der Waals surface area (Å²) in [4.78, 5) is 5.17. The number of nitrogens with zero attached hydrogens (tertiary/aromatic N) is 1.